The molecule has 3 aliphatic rings. The highest BCUT2D eigenvalue weighted by Gasteiger charge is 2.55. The van der Waals surface area contributed by atoms with Gasteiger partial charge in [-0.25, -0.2) is 4.79 Å². The largest absolute Gasteiger partial charge is 0.490 e. The van der Waals surface area contributed by atoms with Crippen molar-refractivity contribution >= 4 is 11.8 Å². The zero-order chi connectivity index (χ0) is 22.3. The lowest BCUT2D eigenvalue weighted by Crippen LogP contribution is -2.62. The van der Waals surface area contributed by atoms with Gasteiger partial charge in [-0.15, -0.1) is 0 Å². The van der Waals surface area contributed by atoms with Crippen LogP contribution in [0.3, 0.4) is 0 Å². The predicted octanol–water partition coefficient (Wildman–Crippen LogP) is 5.00. The lowest BCUT2D eigenvalue weighted by molar-refractivity contribution is -0.385. The summed E-state index contributed by atoms with van der Waals surface area (Å²) in [7, 11) is 1.49. The summed E-state index contributed by atoms with van der Waals surface area (Å²) in [4.78, 5) is 26.2. The minimum atomic E-state index is -0.384. The van der Waals surface area contributed by atoms with Crippen molar-refractivity contribution in [1.82, 2.24) is 4.90 Å². The van der Waals surface area contributed by atoms with E-state index in [9.17, 15) is 14.9 Å². The molecule has 0 spiro atoms. The first-order valence-electron chi connectivity index (χ1n) is 11.4. The van der Waals surface area contributed by atoms with E-state index in [1.807, 2.05) is 41.3 Å². The van der Waals surface area contributed by atoms with Gasteiger partial charge in [0, 0.05) is 24.1 Å². The number of piperidine rings is 1. The van der Waals surface area contributed by atoms with Crippen LogP contribution < -0.4 is 4.74 Å². The fourth-order valence-corrected chi connectivity index (χ4v) is 6.37. The summed E-state index contributed by atoms with van der Waals surface area (Å²) < 4.78 is 11.1. The highest BCUT2D eigenvalue weighted by atomic mass is 16.6. The Morgan fingerprint density at radius 2 is 2.03 bits per heavy atom. The van der Waals surface area contributed by atoms with Crippen molar-refractivity contribution in [2.45, 2.75) is 56.6 Å². The van der Waals surface area contributed by atoms with Crippen LogP contribution in [-0.4, -0.2) is 35.6 Å². The molecule has 2 aliphatic carbocycles. The van der Waals surface area contributed by atoms with Gasteiger partial charge in [-0.1, -0.05) is 43.2 Å². The van der Waals surface area contributed by atoms with Crippen molar-refractivity contribution < 1.29 is 19.2 Å². The number of nitro groups is 1. The van der Waals surface area contributed by atoms with Crippen LogP contribution in [0.15, 0.2) is 42.5 Å². The van der Waals surface area contributed by atoms with E-state index in [1.54, 1.807) is 6.07 Å². The van der Waals surface area contributed by atoms with Crippen molar-refractivity contribution in [1.29, 1.82) is 0 Å². The average Bonchev–Trinajstić information content (AvgIpc) is 2.82. The van der Waals surface area contributed by atoms with E-state index in [1.165, 1.54) is 12.7 Å². The maximum absolute atomic E-state index is 13.1. The summed E-state index contributed by atoms with van der Waals surface area (Å²) in [5.74, 6) is 0.670. The molecule has 1 unspecified atom stereocenters. The molecule has 3 atom stereocenters. The molecule has 5 rings (SSSR count). The van der Waals surface area contributed by atoms with Gasteiger partial charge in [0.2, 0.25) is 0 Å². The zero-order valence-corrected chi connectivity index (χ0v) is 18.3. The monoisotopic (exact) mass is 436 g/mol. The van der Waals surface area contributed by atoms with Crippen LogP contribution in [0.5, 0.6) is 5.75 Å². The van der Waals surface area contributed by atoms with Crippen molar-refractivity contribution in [3.63, 3.8) is 0 Å². The van der Waals surface area contributed by atoms with Crippen LogP contribution in [-0.2, 0) is 23.2 Å². The van der Waals surface area contributed by atoms with E-state index in [2.05, 4.69) is 0 Å². The molecule has 7 nitrogen and oxygen atoms in total. The molecule has 2 fully saturated rings. The van der Waals surface area contributed by atoms with Crippen molar-refractivity contribution in [3.05, 3.63) is 69.3 Å². The van der Waals surface area contributed by atoms with E-state index in [4.69, 9.17) is 9.47 Å². The lowest BCUT2D eigenvalue weighted by atomic mass is 9.52. The Morgan fingerprint density at radius 3 is 2.78 bits per heavy atom. The number of carbonyl (C=O) groups excluding carboxylic acids is 1. The average molecular weight is 437 g/mol. The van der Waals surface area contributed by atoms with Gasteiger partial charge in [0.25, 0.3) is 0 Å². The van der Waals surface area contributed by atoms with E-state index in [-0.39, 0.29) is 34.8 Å². The SMILES string of the molecule is COc1cc2c(cc1[N+](=O)[O-])C[C@H]1C3CCCC[C@@]23CCN1C(=O)OCc1ccccc1. The van der Waals surface area contributed by atoms with Crippen LogP contribution >= 0.6 is 0 Å². The van der Waals surface area contributed by atoms with E-state index in [0.29, 0.717) is 24.6 Å². The molecule has 1 aliphatic heterocycles. The maximum atomic E-state index is 13.1. The Morgan fingerprint density at radius 1 is 1.22 bits per heavy atom. The minimum absolute atomic E-state index is 0.00631. The number of carbonyl (C=O) groups is 1. The molecule has 1 saturated heterocycles. The van der Waals surface area contributed by atoms with E-state index >= 15 is 0 Å². The number of nitro benzene ring substituents is 1. The van der Waals surface area contributed by atoms with Gasteiger partial charge >= 0.3 is 11.8 Å². The Kier molecular flexibility index (Phi) is 5.27. The predicted molar refractivity (Wildman–Crippen MR) is 119 cm³/mol. The van der Waals surface area contributed by atoms with Gasteiger partial charge in [0.05, 0.1) is 12.0 Å². The lowest BCUT2D eigenvalue weighted by Gasteiger charge is -2.58. The molecule has 2 bridgehead atoms. The van der Waals surface area contributed by atoms with Crippen LogP contribution in [0.1, 0.15) is 48.8 Å². The molecule has 2 aromatic carbocycles. The van der Waals surface area contributed by atoms with Gasteiger partial charge in [-0.3, -0.25) is 10.1 Å². The first-order chi connectivity index (χ1) is 15.5. The number of amides is 1. The molecule has 1 heterocycles. The van der Waals surface area contributed by atoms with Gasteiger partial charge < -0.3 is 14.4 Å². The highest BCUT2D eigenvalue weighted by molar-refractivity contribution is 5.69. The summed E-state index contributed by atoms with van der Waals surface area (Å²) >= 11 is 0. The number of likely N-dealkylation sites (tertiary alicyclic amines) is 1. The second-order valence-corrected chi connectivity index (χ2v) is 9.20. The quantitative estimate of drug-likeness (QED) is 0.498. The Balaban J connectivity index is 1.47. The third kappa shape index (κ3) is 3.31. The number of rotatable bonds is 4. The van der Waals surface area contributed by atoms with E-state index < -0.39 is 0 Å². The molecule has 1 saturated carbocycles. The molecule has 0 radical (unpaired) electrons. The number of hydrogen-bond donors (Lipinski definition) is 0. The third-order valence-corrected chi connectivity index (χ3v) is 7.77. The summed E-state index contributed by atoms with van der Waals surface area (Å²) in [5.41, 5.74) is 3.07. The highest BCUT2D eigenvalue weighted by Crippen LogP contribution is 2.57. The van der Waals surface area contributed by atoms with E-state index in [0.717, 1.165) is 43.2 Å². The smallest absolute Gasteiger partial charge is 0.410 e. The molecule has 2 aromatic rings. The fourth-order valence-electron chi connectivity index (χ4n) is 6.37. The van der Waals surface area contributed by atoms with Gasteiger partial charge in [-0.05, 0) is 54.4 Å². The van der Waals surface area contributed by atoms with Crippen LogP contribution in [0.2, 0.25) is 0 Å². The van der Waals surface area contributed by atoms with Crippen molar-refractivity contribution in [2.75, 3.05) is 13.7 Å². The second kappa shape index (κ2) is 8.11. The molecular weight excluding hydrogens is 408 g/mol. The molecule has 0 aromatic heterocycles. The molecule has 168 valence electrons. The topological polar surface area (TPSA) is 81.9 Å². The molecule has 1 amide bonds. The third-order valence-electron chi connectivity index (χ3n) is 7.77. The molecular formula is C25H28N2O5. The molecule has 32 heavy (non-hydrogen) atoms. The van der Waals surface area contributed by atoms with Crippen molar-refractivity contribution in [3.8, 4) is 5.75 Å². The fraction of sp³-hybridized carbons (Fsp3) is 0.480. The maximum Gasteiger partial charge on any atom is 0.410 e. The number of fused-ring (bicyclic) bond motifs is 1. The Labute approximate surface area is 187 Å². The zero-order valence-electron chi connectivity index (χ0n) is 18.3. The first-order valence-corrected chi connectivity index (χ1v) is 11.4. The summed E-state index contributed by atoms with van der Waals surface area (Å²) in [6.45, 7) is 0.894. The number of benzene rings is 2. The number of nitrogens with zero attached hydrogens (tertiary/aromatic N) is 2. The number of methoxy groups -OCH3 is 1. The van der Waals surface area contributed by atoms with Crippen molar-refractivity contribution in [2.24, 2.45) is 5.92 Å². The normalized spacial score (nSPS) is 26.0. The Hall–Kier alpha value is -3.09. The summed E-state index contributed by atoms with van der Waals surface area (Å²) in [5, 5.41) is 11.6. The van der Waals surface area contributed by atoms with Crippen LogP contribution in [0.4, 0.5) is 10.5 Å². The minimum Gasteiger partial charge on any atom is -0.490 e. The summed E-state index contributed by atoms with van der Waals surface area (Å²) in [6, 6.07) is 13.3. The van der Waals surface area contributed by atoms with Crippen LogP contribution in [0.25, 0.3) is 0 Å². The second-order valence-electron chi connectivity index (χ2n) is 9.20. The summed E-state index contributed by atoms with van der Waals surface area (Å²) in [6.07, 6.45) is 5.58. The standard InChI is InChI=1S/C25H28N2O5/c1-31-23-15-20-18(14-22(23)27(29)30)13-21-19-9-5-6-10-25(19,20)11-12-26(21)24(28)32-16-17-7-3-2-4-8-17/h2-4,7-8,14-15,19,21H,5-6,9-13,16H2,1H3/t19?,21-,25-/m0/s1. The first kappa shape index (κ1) is 20.8. The van der Waals surface area contributed by atoms with Gasteiger partial charge in [0.15, 0.2) is 5.75 Å². The van der Waals surface area contributed by atoms with Crippen LogP contribution in [0, 0.1) is 16.0 Å². The number of ether oxygens (including phenoxy) is 2. The van der Waals surface area contributed by atoms with Gasteiger partial charge in [-0.2, -0.15) is 0 Å². The Bertz CT molecular complexity index is 1040. The molecule has 0 N–H and O–H groups in total. The number of hydrogen-bond acceptors (Lipinski definition) is 5. The van der Waals surface area contributed by atoms with Gasteiger partial charge in [0.1, 0.15) is 6.61 Å². The molecule has 7 heteroatoms.